The molecule has 3 rings (SSSR count). The van der Waals surface area contributed by atoms with Crippen LogP contribution >= 0.6 is 11.8 Å². The molecule has 0 fully saturated rings. The number of aromatic nitrogens is 4. The van der Waals surface area contributed by atoms with Gasteiger partial charge in [0.2, 0.25) is 0 Å². The van der Waals surface area contributed by atoms with Crippen molar-refractivity contribution in [2.75, 3.05) is 5.75 Å². The Hall–Kier alpha value is -2.47. The van der Waals surface area contributed by atoms with Gasteiger partial charge in [-0.1, -0.05) is 49.6 Å². The summed E-state index contributed by atoms with van der Waals surface area (Å²) in [4.78, 5) is 28.0. The molecule has 3 aromatic rings. The first-order valence-electron chi connectivity index (χ1n) is 10.3. The second-order valence-electron chi connectivity index (χ2n) is 7.12. The molecular formula is C23H28N4OS. The molecule has 5 nitrogen and oxygen atoms in total. The SMILES string of the molecule is O=c1[nH]c(SCCCCCCCCc2ccccn2)ncc1Cc1cccnc1. The average molecular weight is 409 g/mol. The van der Waals surface area contributed by atoms with Crippen molar-refractivity contribution in [2.45, 2.75) is 56.5 Å². The fourth-order valence-corrected chi connectivity index (χ4v) is 3.99. The lowest BCUT2D eigenvalue weighted by Gasteiger charge is -2.04. The monoisotopic (exact) mass is 408 g/mol. The fraction of sp³-hybridized carbons (Fsp3) is 0.391. The number of hydrogen-bond donors (Lipinski definition) is 1. The number of pyridine rings is 2. The van der Waals surface area contributed by atoms with Gasteiger partial charge in [-0.2, -0.15) is 0 Å². The third kappa shape index (κ3) is 7.81. The summed E-state index contributed by atoms with van der Waals surface area (Å²) in [6.07, 6.45) is 16.1. The topological polar surface area (TPSA) is 71.5 Å². The Morgan fingerprint density at radius 2 is 1.72 bits per heavy atom. The Morgan fingerprint density at radius 1 is 0.862 bits per heavy atom. The maximum Gasteiger partial charge on any atom is 0.255 e. The number of rotatable bonds is 12. The van der Waals surface area contributed by atoms with Crippen LogP contribution in [0.15, 0.2) is 65.1 Å². The highest BCUT2D eigenvalue weighted by Gasteiger charge is 2.05. The van der Waals surface area contributed by atoms with E-state index in [1.54, 1.807) is 30.4 Å². The molecule has 0 amide bonds. The van der Waals surface area contributed by atoms with E-state index in [9.17, 15) is 4.79 Å². The molecule has 0 bridgehead atoms. The minimum Gasteiger partial charge on any atom is -0.301 e. The first-order chi connectivity index (χ1) is 14.3. The minimum absolute atomic E-state index is 0.0562. The minimum atomic E-state index is -0.0562. The van der Waals surface area contributed by atoms with E-state index in [0.29, 0.717) is 17.1 Å². The van der Waals surface area contributed by atoms with Crippen molar-refractivity contribution in [2.24, 2.45) is 0 Å². The molecule has 0 aromatic carbocycles. The zero-order valence-electron chi connectivity index (χ0n) is 16.7. The Kier molecular flexibility index (Phi) is 8.91. The molecule has 1 N–H and O–H groups in total. The van der Waals surface area contributed by atoms with E-state index in [2.05, 4.69) is 32.1 Å². The molecule has 0 saturated carbocycles. The van der Waals surface area contributed by atoms with Crippen molar-refractivity contribution in [1.82, 2.24) is 19.9 Å². The summed E-state index contributed by atoms with van der Waals surface area (Å²) < 4.78 is 0. The Labute approximate surface area is 176 Å². The molecule has 0 saturated heterocycles. The number of hydrogen-bond acceptors (Lipinski definition) is 5. The lowest BCUT2D eigenvalue weighted by molar-refractivity contribution is 0.606. The van der Waals surface area contributed by atoms with Crippen LogP contribution in [0.1, 0.15) is 55.3 Å². The molecule has 0 radical (unpaired) electrons. The molecule has 6 heteroatoms. The zero-order chi connectivity index (χ0) is 20.2. The van der Waals surface area contributed by atoms with Crippen LogP contribution in [-0.4, -0.2) is 25.7 Å². The van der Waals surface area contributed by atoms with Gasteiger partial charge in [0.25, 0.3) is 5.56 Å². The van der Waals surface area contributed by atoms with Crippen LogP contribution in [0, 0.1) is 0 Å². The Balaban J connectivity index is 1.27. The van der Waals surface area contributed by atoms with Gasteiger partial charge in [-0.05, 0) is 43.0 Å². The van der Waals surface area contributed by atoms with Crippen molar-refractivity contribution in [3.63, 3.8) is 0 Å². The molecule has 0 spiro atoms. The third-order valence-electron chi connectivity index (χ3n) is 4.76. The summed E-state index contributed by atoms with van der Waals surface area (Å²) >= 11 is 1.63. The number of aryl methyl sites for hydroxylation is 1. The molecule has 0 aliphatic rings. The summed E-state index contributed by atoms with van der Waals surface area (Å²) in [6, 6.07) is 9.95. The molecule has 0 aliphatic carbocycles. The van der Waals surface area contributed by atoms with Crippen molar-refractivity contribution >= 4 is 11.8 Å². The summed E-state index contributed by atoms with van der Waals surface area (Å²) in [5.74, 6) is 0.985. The summed E-state index contributed by atoms with van der Waals surface area (Å²) in [6.45, 7) is 0. The summed E-state index contributed by atoms with van der Waals surface area (Å²) in [7, 11) is 0. The number of H-pyrrole nitrogens is 1. The van der Waals surface area contributed by atoms with E-state index < -0.39 is 0 Å². The summed E-state index contributed by atoms with van der Waals surface area (Å²) in [5, 5.41) is 0.709. The third-order valence-corrected chi connectivity index (χ3v) is 5.73. The van der Waals surface area contributed by atoms with Gasteiger partial charge in [0.05, 0.1) is 0 Å². The zero-order valence-corrected chi connectivity index (χ0v) is 17.5. The van der Waals surface area contributed by atoms with Crippen LogP contribution in [-0.2, 0) is 12.8 Å². The smallest absolute Gasteiger partial charge is 0.255 e. The largest absolute Gasteiger partial charge is 0.301 e. The van der Waals surface area contributed by atoms with Gasteiger partial charge in [0, 0.05) is 48.2 Å². The van der Waals surface area contributed by atoms with E-state index in [1.165, 1.54) is 37.8 Å². The van der Waals surface area contributed by atoms with Gasteiger partial charge >= 0.3 is 0 Å². The molecule has 152 valence electrons. The van der Waals surface area contributed by atoms with Crippen LogP contribution in [0.25, 0.3) is 0 Å². The van der Waals surface area contributed by atoms with Crippen LogP contribution in [0.5, 0.6) is 0 Å². The van der Waals surface area contributed by atoms with Crippen LogP contribution < -0.4 is 5.56 Å². The number of nitrogens with one attached hydrogen (secondary N) is 1. The van der Waals surface area contributed by atoms with Crippen LogP contribution in [0.2, 0.25) is 0 Å². The van der Waals surface area contributed by atoms with Crippen LogP contribution in [0.3, 0.4) is 0 Å². The maximum atomic E-state index is 12.2. The fourth-order valence-electron chi connectivity index (χ4n) is 3.16. The predicted octanol–water partition coefficient (Wildman–Crippen LogP) is 4.83. The van der Waals surface area contributed by atoms with Crippen LogP contribution in [0.4, 0.5) is 0 Å². The predicted molar refractivity (Wildman–Crippen MR) is 118 cm³/mol. The molecule has 29 heavy (non-hydrogen) atoms. The Morgan fingerprint density at radius 3 is 2.48 bits per heavy atom. The maximum absolute atomic E-state index is 12.2. The Bertz CT molecular complexity index is 900. The van der Waals surface area contributed by atoms with Gasteiger partial charge < -0.3 is 4.98 Å². The average Bonchev–Trinajstić information content (AvgIpc) is 2.76. The highest BCUT2D eigenvalue weighted by molar-refractivity contribution is 7.99. The van der Waals surface area contributed by atoms with E-state index in [-0.39, 0.29) is 5.56 Å². The van der Waals surface area contributed by atoms with Crippen molar-refractivity contribution in [3.05, 3.63) is 82.3 Å². The molecule has 0 aliphatic heterocycles. The number of nitrogens with zero attached hydrogens (tertiary/aromatic N) is 3. The molecule has 0 atom stereocenters. The normalized spacial score (nSPS) is 10.9. The van der Waals surface area contributed by atoms with Crippen molar-refractivity contribution in [1.29, 1.82) is 0 Å². The highest BCUT2D eigenvalue weighted by Crippen LogP contribution is 2.16. The standard InChI is InChI=1S/C23H28N4OS/c28-22-20(16-19-10-9-13-24-17-19)18-26-23(27-22)29-15-8-4-2-1-3-5-11-21-12-6-7-14-25-21/h6-7,9-10,12-14,17-18H,1-5,8,11,15-16H2,(H,26,27,28). The molecule has 0 unspecified atom stereocenters. The van der Waals surface area contributed by atoms with Crippen molar-refractivity contribution in [3.8, 4) is 0 Å². The van der Waals surface area contributed by atoms with Gasteiger partial charge in [-0.25, -0.2) is 4.98 Å². The lowest BCUT2D eigenvalue weighted by atomic mass is 10.1. The molecular weight excluding hydrogens is 380 g/mol. The van der Waals surface area contributed by atoms with E-state index >= 15 is 0 Å². The number of unbranched alkanes of at least 4 members (excludes halogenated alkanes) is 5. The molecule has 3 aromatic heterocycles. The van der Waals surface area contributed by atoms with E-state index in [0.717, 1.165) is 24.2 Å². The highest BCUT2D eigenvalue weighted by atomic mass is 32.2. The first-order valence-corrected chi connectivity index (χ1v) is 11.3. The number of thioether (sulfide) groups is 1. The summed E-state index contributed by atoms with van der Waals surface area (Å²) in [5.41, 5.74) is 2.82. The van der Waals surface area contributed by atoms with E-state index in [1.807, 2.05) is 24.4 Å². The number of aromatic amines is 1. The lowest BCUT2D eigenvalue weighted by Crippen LogP contribution is -2.14. The van der Waals surface area contributed by atoms with E-state index in [4.69, 9.17) is 0 Å². The second-order valence-corrected chi connectivity index (χ2v) is 8.21. The van der Waals surface area contributed by atoms with Gasteiger partial charge in [0.15, 0.2) is 5.16 Å². The van der Waals surface area contributed by atoms with Gasteiger partial charge in [-0.15, -0.1) is 0 Å². The van der Waals surface area contributed by atoms with Gasteiger partial charge in [-0.3, -0.25) is 14.8 Å². The molecule has 3 heterocycles. The van der Waals surface area contributed by atoms with Crippen molar-refractivity contribution < 1.29 is 0 Å². The first kappa shape index (κ1) is 21.2. The quantitative estimate of drug-likeness (QED) is 0.264. The van der Waals surface area contributed by atoms with Gasteiger partial charge in [0.1, 0.15) is 0 Å². The second kappa shape index (κ2) is 12.2.